The summed E-state index contributed by atoms with van der Waals surface area (Å²) in [5.74, 6) is -1.14. The number of ether oxygens (including phenoxy) is 2. The third-order valence-electron chi connectivity index (χ3n) is 1.70. The van der Waals surface area contributed by atoms with Gasteiger partial charge in [0, 0.05) is 0 Å². The van der Waals surface area contributed by atoms with Crippen molar-refractivity contribution in [1.29, 1.82) is 0 Å². The molecule has 0 aromatic rings. The largest absolute Gasteiger partial charge is 0.481 e. The van der Waals surface area contributed by atoms with E-state index in [9.17, 15) is 9.59 Å². The molecule has 0 saturated carbocycles. The van der Waals surface area contributed by atoms with Crippen LogP contribution in [0.4, 0.5) is 0 Å². The van der Waals surface area contributed by atoms with Gasteiger partial charge in [-0.05, 0) is 33.8 Å². The molecule has 5 nitrogen and oxygen atoms in total. The Labute approximate surface area is 101 Å². The van der Waals surface area contributed by atoms with E-state index < -0.39 is 11.9 Å². The first-order valence-corrected chi connectivity index (χ1v) is 5.44. The van der Waals surface area contributed by atoms with Crippen molar-refractivity contribution in [3.05, 3.63) is 11.8 Å². The van der Waals surface area contributed by atoms with E-state index in [2.05, 4.69) is 0 Å². The fraction of sp³-hybridized carbons (Fsp3) is 0.667. The Morgan fingerprint density at radius 1 is 1.24 bits per heavy atom. The van der Waals surface area contributed by atoms with E-state index in [4.69, 9.17) is 14.6 Å². The molecule has 0 rings (SSSR count). The zero-order valence-corrected chi connectivity index (χ0v) is 10.8. The summed E-state index contributed by atoms with van der Waals surface area (Å²) in [7, 11) is 0. The number of carboxylic acids is 1. The van der Waals surface area contributed by atoms with Gasteiger partial charge in [-0.15, -0.1) is 0 Å². The van der Waals surface area contributed by atoms with Gasteiger partial charge in [0.2, 0.25) is 0 Å². The van der Waals surface area contributed by atoms with Gasteiger partial charge in [0.25, 0.3) is 0 Å². The number of rotatable bonds is 6. The van der Waals surface area contributed by atoms with Crippen LogP contribution in [0.2, 0.25) is 0 Å². The zero-order chi connectivity index (χ0) is 13.5. The summed E-state index contributed by atoms with van der Waals surface area (Å²) in [4.78, 5) is 21.4. The number of carboxylic acid groups (broad SMARTS) is 1. The van der Waals surface area contributed by atoms with Crippen molar-refractivity contribution in [2.45, 2.75) is 46.1 Å². The Morgan fingerprint density at radius 2 is 1.82 bits per heavy atom. The first kappa shape index (κ1) is 15.6. The lowest BCUT2D eigenvalue weighted by molar-refractivity contribution is -0.144. The molecule has 0 unspecified atom stereocenters. The lowest BCUT2D eigenvalue weighted by atomic mass is 10.2. The molecule has 0 spiro atoms. The van der Waals surface area contributed by atoms with Gasteiger partial charge < -0.3 is 14.6 Å². The number of allylic oxidation sites excluding steroid dienone is 1. The first-order valence-electron chi connectivity index (χ1n) is 5.44. The van der Waals surface area contributed by atoms with Crippen molar-refractivity contribution in [3.63, 3.8) is 0 Å². The molecule has 0 amide bonds. The van der Waals surface area contributed by atoms with Crippen LogP contribution in [0, 0.1) is 0 Å². The molecule has 0 aromatic heterocycles. The minimum Gasteiger partial charge on any atom is -0.481 e. The van der Waals surface area contributed by atoms with Crippen molar-refractivity contribution in [3.8, 4) is 0 Å². The maximum absolute atomic E-state index is 11.2. The summed E-state index contributed by atoms with van der Waals surface area (Å²) < 4.78 is 10.3. The van der Waals surface area contributed by atoms with Crippen molar-refractivity contribution < 1.29 is 24.2 Å². The lowest BCUT2D eigenvalue weighted by Crippen LogP contribution is -2.19. The van der Waals surface area contributed by atoms with E-state index in [1.165, 1.54) is 0 Å². The molecule has 0 saturated heterocycles. The molecule has 17 heavy (non-hydrogen) atoms. The molecular formula is C12H20O5. The van der Waals surface area contributed by atoms with Crippen LogP contribution >= 0.6 is 0 Å². The van der Waals surface area contributed by atoms with E-state index in [0.29, 0.717) is 12.4 Å². The molecule has 0 fully saturated rings. The van der Waals surface area contributed by atoms with Crippen LogP contribution in [-0.2, 0) is 19.1 Å². The number of carbonyl (C=O) groups is 2. The van der Waals surface area contributed by atoms with E-state index in [1.807, 2.05) is 20.8 Å². The highest BCUT2D eigenvalue weighted by molar-refractivity contribution is 5.77. The summed E-state index contributed by atoms with van der Waals surface area (Å²) in [6.07, 6.45) is 1.30. The molecule has 0 radical (unpaired) electrons. The maximum Gasteiger partial charge on any atom is 0.311 e. The van der Waals surface area contributed by atoms with Crippen LogP contribution in [0.3, 0.4) is 0 Å². The van der Waals surface area contributed by atoms with Gasteiger partial charge in [0.05, 0.1) is 25.0 Å². The lowest BCUT2D eigenvalue weighted by Gasteiger charge is -2.18. The average molecular weight is 244 g/mol. The number of carbonyl (C=O) groups excluding carboxylic acids is 1. The van der Waals surface area contributed by atoms with Gasteiger partial charge in [0.1, 0.15) is 5.76 Å². The van der Waals surface area contributed by atoms with Crippen molar-refractivity contribution in [2.24, 2.45) is 0 Å². The van der Waals surface area contributed by atoms with Crippen LogP contribution in [0.1, 0.15) is 40.5 Å². The monoisotopic (exact) mass is 244 g/mol. The van der Waals surface area contributed by atoms with E-state index >= 15 is 0 Å². The number of hydrogen-bond acceptors (Lipinski definition) is 4. The fourth-order valence-corrected chi connectivity index (χ4v) is 0.890. The summed E-state index contributed by atoms with van der Waals surface area (Å²) in [5.41, 5.74) is -0.246. The van der Waals surface area contributed by atoms with E-state index in [-0.39, 0.29) is 18.4 Å². The summed E-state index contributed by atoms with van der Waals surface area (Å²) in [5, 5.41) is 8.39. The molecule has 0 heterocycles. The van der Waals surface area contributed by atoms with Crippen LogP contribution in [0.25, 0.3) is 0 Å². The SMILES string of the molecule is C/C(=C/COC(C)(C)C)OC(=O)CCC(=O)O. The van der Waals surface area contributed by atoms with Crippen LogP contribution in [-0.4, -0.2) is 29.3 Å². The molecule has 0 aliphatic carbocycles. The smallest absolute Gasteiger partial charge is 0.311 e. The van der Waals surface area contributed by atoms with Gasteiger partial charge in [-0.1, -0.05) is 0 Å². The minimum absolute atomic E-state index is 0.124. The Morgan fingerprint density at radius 3 is 2.29 bits per heavy atom. The maximum atomic E-state index is 11.2. The second-order valence-electron chi connectivity index (χ2n) is 4.61. The van der Waals surface area contributed by atoms with Crippen LogP contribution in [0.15, 0.2) is 11.8 Å². The second-order valence-corrected chi connectivity index (χ2v) is 4.61. The number of hydrogen-bond donors (Lipinski definition) is 1. The molecule has 0 bridgehead atoms. The first-order chi connectivity index (χ1) is 7.70. The second kappa shape index (κ2) is 7.06. The van der Waals surface area contributed by atoms with Crippen LogP contribution in [0.5, 0.6) is 0 Å². The topological polar surface area (TPSA) is 72.8 Å². The third kappa shape index (κ3) is 10.9. The van der Waals surface area contributed by atoms with E-state index in [1.54, 1.807) is 13.0 Å². The van der Waals surface area contributed by atoms with Crippen LogP contribution < -0.4 is 0 Å². The predicted octanol–water partition coefficient (Wildman–Crippen LogP) is 2.11. The van der Waals surface area contributed by atoms with Crippen molar-refractivity contribution in [1.82, 2.24) is 0 Å². The van der Waals surface area contributed by atoms with Crippen molar-refractivity contribution in [2.75, 3.05) is 6.61 Å². The summed E-state index contributed by atoms with van der Waals surface area (Å²) >= 11 is 0. The Kier molecular flexibility index (Phi) is 6.50. The molecule has 5 heteroatoms. The number of esters is 1. The Balaban J connectivity index is 3.91. The normalized spacial score (nSPS) is 12.4. The van der Waals surface area contributed by atoms with Gasteiger partial charge in [0.15, 0.2) is 0 Å². The summed E-state index contributed by atoms with van der Waals surface area (Å²) in [6, 6.07) is 0. The van der Waals surface area contributed by atoms with Gasteiger partial charge in [-0.3, -0.25) is 9.59 Å². The quantitative estimate of drug-likeness (QED) is 0.572. The molecule has 1 N–H and O–H groups in total. The third-order valence-corrected chi connectivity index (χ3v) is 1.70. The molecular weight excluding hydrogens is 224 g/mol. The Bertz CT molecular complexity index is 299. The van der Waals surface area contributed by atoms with Gasteiger partial charge >= 0.3 is 11.9 Å². The highest BCUT2D eigenvalue weighted by Gasteiger charge is 2.09. The summed E-state index contributed by atoms with van der Waals surface area (Å²) in [6.45, 7) is 7.76. The zero-order valence-electron chi connectivity index (χ0n) is 10.8. The highest BCUT2D eigenvalue weighted by atomic mass is 16.5. The van der Waals surface area contributed by atoms with Crippen molar-refractivity contribution >= 4 is 11.9 Å². The van der Waals surface area contributed by atoms with E-state index in [0.717, 1.165) is 0 Å². The molecule has 0 aliphatic rings. The predicted molar refractivity (Wildman–Crippen MR) is 62.4 cm³/mol. The minimum atomic E-state index is -1.01. The van der Waals surface area contributed by atoms with Gasteiger partial charge in [-0.2, -0.15) is 0 Å². The standard InChI is InChI=1S/C12H20O5/c1-9(7-8-16-12(2,3)4)17-11(15)6-5-10(13)14/h7H,5-6,8H2,1-4H3,(H,13,14)/b9-7-. The molecule has 98 valence electrons. The molecule has 0 aliphatic heterocycles. The average Bonchev–Trinajstić information content (AvgIpc) is 2.12. The van der Waals surface area contributed by atoms with Gasteiger partial charge in [-0.25, -0.2) is 0 Å². The Hall–Kier alpha value is -1.36. The fourth-order valence-electron chi connectivity index (χ4n) is 0.890. The number of aliphatic carboxylic acids is 1. The molecule has 0 atom stereocenters. The molecule has 0 aromatic carbocycles. The highest BCUT2D eigenvalue weighted by Crippen LogP contribution is 2.07.